The topological polar surface area (TPSA) is 47.1 Å². The minimum Gasteiger partial charge on any atom is -0.396 e. The Kier molecular flexibility index (Phi) is 2.66. The third kappa shape index (κ3) is 2.03. The zero-order valence-corrected chi connectivity index (χ0v) is 10.0. The lowest BCUT2D eigenvalue weighted by Gasteiger charge is -2.19. The van der Waals surface area contributed by atoms with Crippen molar-refractivity contribution in [2.75, 3.05) is 23.7 Å². The first-order chi connectivity index (χ1) is 8.72. The van der Waals surface area contributed by atoms with E-state index in [1.807, 2.05) is 16.9 Å². The number of anilines is 2. The van der Waals surface area contributed by atoms with Crippen molar-refractivity contribution in [2.45, 2.75) is 13.0 Å². The second-order valence-corrected chi connectivity index (χ2v) is 4.55. The third-order valence-electron chi connectivity index (χ3n) is 3.29. The molecule has 0 radical (unpaired) electrons. The van der Waals surface area contributed by atoms with Gasteiger partial charge in [0.1, 0.15) is 5.82 Å². The molecule has 2 aromatic rings. The van der Waals surface area contributed by atoms with Crippen LogP contribution in [0.1, 0.15) is 5.56 Å². The first-order valence-corrected chi connectivity index (χ1v) is 6.04. The molecule has 18 heavy (non-hydrogen) atoms. The van der Waals surface area contributed by atoms with Crippen molar-refractivity contribution in [1.82, 2.24) is 9.78 Å². The number of nitrogens with zero attached hydrogens (tertiary/aromatic N) is 3. The van der Waals surface area contributed by atoms with Crippen LogP contribution in [0.5, 0.6) is 0 Å². The van der Waals surface area contributed by atoms with E-state index in [0.717, 1.165) is 31.7 Å². The number of hydrogen-bond acceptors (Lipinski definition) is 3. The molecule has 0 spiro atoms. The van der Waals surface area contributed by atoms with E-state index in [0.29, 0.717) is 5.69 Å². The van der Waals surface area contributed by atoms with E-state index in [1.165, 1.54) is 11.6 Å². The molecule has 0 amide bonds. The van der Waals surface area contributed by atoms with Crippen molar-refractivity contribution in [2.24, 2.45) is 0 Å². The number of hydrogen-bond donors (Lipinski definition) is 1. The molecule has 1 aliphatic rings. The molecule has 1 aliphatic heterocycles. The molecule has 0 saturated heterocycles. The lowest BCUT2D eigenvalue weighted by atomic mass is 10.2. The lowest BCUT2D eigenvalue weighted by Crippen LogP contribution is -2.25. The molecule has 1 aromatic carbocycles. The van der Waals surface area contributed by atoms with Crippen LogP contribution in [-0.4, -0.2) is 22.9 Å². The maximum Gasteiger partial charge on any atom is 0.125 e. The van der Waals surface area contributed by atoms with Gasteiger partial charge in [-0.05, 0) is 24.1 Å². The highest BCUT2D eigenvalue weighted by Gasteiger charge is 2.19. The van der Waals surface area contributed by atoms with Gasteiger partial charge in [0.2, 0.25) is 0 Å². The normalized spacial score (nSPS) is 13.9. The van der Waals surface area contributed by atoms with Gasteiger partial charge in [0.15, 0.2) is 0 Å². The Morgan fingerprint density at radius 1 is 1.33 bits per heavy atom. The van der Waals surface area contributed by atoms with Crippen LogP contribution in [0.2, 0.25) is 0 Å². The van der Waals surface area contributed by atoms with Crippen molar-refractivity contribution >= 4 is 11.4 Å². The van der Waals surface area contributed by atoms with E-state index in [9.17, 15) is 4.39 Å². The van der Waals surface area contributed by atoms with E-state index in [4.69, 9.17) is 5.73 Å². The number of fused-ring (bicyclic) bond motifs is 1. The largest absolute Gasteiger partial charge is 0.396 e. The summed E-state index contributed by atoms with van der Waals surface area (Å²) in [6.45, 7) is 2.51. The number of nitrogens with two attached hydrogens (primary N) is 1. The van der Waals surface area contributed by atoms with E-state index < -0.39 is 0 Å². The molecular formula is C13H15FN4. The van der Waals surface area contributed by atoms with Gasteiger partial charge in [-0.2, -0.15) is 5.10 Å². The second-order valence-electron chi connectivity index (χ2n) is 4.55. The van der Waals surface area contributed by atoms with Crippen LogP contribution in [0.4, 0.5) is 15.8 Å². The monoisotopic (exact) mass is 246 g/mol. The lowest BCUT2D eigenvalue weighted by molar-refractivity contribution is 0.600. The Bertz CT molecular complexity index is 564. The van der Waals surface area contributed by atoms with Crippen LogP contribution < -0.4 is 10.6 Å². The molecule has 2 heterocycles. The first-order valence-electron chi connectivity index (χ1n) is 6.04. The molecule has 4 nitrogen and oxygen atoms in total. The molecule has 0 atom stereocenters. The standard InChI is InChI=1S/C13H15FN4/c14-11-2-1-10-3-4-17(13(10)7-11)5-6-18-9-12(15)8-16-18/h1-2,7-9H,3-6,15H2. The third-order valence-corrected chi connectivity index (χ3v) is 3.29. The Hall–Kier alpha value is -2.04. The molecule has 0 fully saturated rings. The average molecular weight is 246 g/mol. The van der Waals surface area contributed by atoms with Crippen molar-refractivity contribution in [3.63, 3.8) is 0 Å². The quantitative estimate of drug-likeness (QED) is 0.896. The van der Waals surface area contributed by atoms with Gasteiger partial charge >= 0.3 is 0 Å². The Balaban J connectivity index is 1.71. The fraction of sp³-hybridized carbons (Fsp3) is 0.308. The van der Waals surface area contributed by atoms with Crippen molar-refractivity contribution in [3.8, 4) is 0 Å². The smallest absolute Gasteiger partial charge is 0.125 e. The van der Waals surface area contributed by atoms with Gasteiger partial charge in [-0.25, -0.2) is 4.39 Å². The van der Waals surface area contributed by atoms with E-state index in [2.05, 4.69) is 10.00 Å². The van der Waals surface area contributed by atoms with Crippen LogP contribution in [0.15, 0.2) is 30.6 Å². The zero-order chi connectivity index (χ0) is 12.5. The average Bonchev–Trinajstić information content (AvgIpc) is 2.93. The van der Waals surface area contributed by atoms with Gasteiger partial charge in [0.25, 0.3) is 0 Å². The number of rotatable bonds is 3. The molecule has 2 N–H and O–H groups in total. The predicted molar refractivity (Wildman–Crippen MR) is 69.0 cm³/mol. The summed E-state index contributed by atoms with van der Waals surface area (Å²) >= 11 is 0. The SMILES string of the molecule is Nc1cnn(CCN2CCc3ccc(F)cc32)c1. The molecule has 0 saturated carbocycles. The fourth-order valence-corrected chi connectivity index (χ4v) is 2.38. The van der Waals surface area contributed by atoms with Gasteiger partial charge in [-0.15, -0.1) is 0 Å². The molecular weight excluding hydrogens is 231 g/mol. The Labute approximate surface area is 105 Å². The Morgan fingerprint density at radius 2 is 2.22 bits per heavy atom. The van der Waals surface area contributed by atoms with Gasteiger partial charge in [0.05, 0.1) is 18.4 Å². The highest BCUT2D eigenvalue weighted by Crippen LogP contribution is 2.28. The molecule has 94 valence electrons. The van der Waals surface area contributed by atoms with Crippen LogP contribution in [0.3, 0.4) is 0 Å². The van der Waals surface area contributed by atoms with Gasteiger partial charge < -0.3 is 10.6 Å². The van der Waals surface area contributed by atoms with Gasteiger partial charge in [-0.3, -0.25) is 4.68 Å². The minimum atomic E-state index is -0.177. The summed E-state index contributed by atoms with van der Waals surface area (Å²) in [5.74, 6) is -0.177. The van der Waals surface area contributed by atoms with Crippen molar-refractivity contribution in [3.05, 3.63) is 42.0 Å². The maximum atomic E-state index is 13.2. The summed E-state index contributed by atoms with van der Waals surface area (Å²) in [6.07, 6.45) is 4.43. The Morgan fingerprint density at radius 3 is 3.00 bits per heavy atom. The van der Waals surface area contributed by atoms with Crippen LogP contribution in [0, 0.1) is 5.82 Å². The summed E-state index contributed by atoms with van der Waals surface area (Å²) in [5.41, 5.74) is 8.51. The summed E-state index contributed by atoms with van der Waals surface area (Å²) in [5, 5.41) is 4.14. The van der Waals surface area contributed by atoms with Crippen molar-refractivity contribution in [1.29, 1.82) is 0 Å². The summed E-state index contributed by atoms with van der Waals surface area (Å²) in [7, 11) is 0. The van der Waals surface area contributed by atoms with Gasteiger partial charge in [-0.1, -0.05) is 6.07 Å². The second kappa shape index (κ2) is 4.33. The minimum absolute atomic E-state index is 0.177. The highest BCUT2D eigenvalue weighted by molar-refractivity contribution is 5.58. The number of nitrogen functional groups attached to an aromatic ring is 1. The summed E-state index contributed by atoms with van der Waals surface area (Å²) in [6, 6.07) is 5.01. The number of aromatic nitrogens is 2. The highest BCUT2D eigenvalue weighted by atomic mass is 19.1. The first kappa shape index (κ1) is 11.1. The molecule has 1 aromatic heterocycles. The van der Waals surface area contributed by atoms with Gasteiger partial charge in [0, 0.05) is 25.0 Å². The zero-order valence-electron chi connectivity index (χ0n) is 10.0. The number of halogens is 1. The fourth-order valence-electron chi connectivity index (χ4n) is 2.38. The van der Waals surface area contributed by atoms with Crippen LogP contribution in [-0.2, 0) is 13.0 Å². The maximum absolute atomic E-state index is 13.2. The number of benzene rings is 1. The van der Waals surface area contributed by atoms with E-state index in [1.54, 1.807) is 12.3 Å². The summed E-state index contributed by atoms with van der Waals surface area (Å²) < 4.78 is 15.1. The van der Waals surface area contributed by atoms with Crippen LogP contribution in [0.25, 0.3) is 0 Å². The van der Waals surface area contributed by atoms with E-state index in [-0.39, 0.29) is 5.82 Å². The molecule has 0 bridgehead atoms. The van der Waals surface area contributed by atoms with Crippen molar-refractivity contribution < 1.29 is 4.39 Å². The molecule has 3 rings (SSSR count). The molecule has 5 heteroatoms. The molecule has 0 aliphatic carbocycles. The van der Waals surface area contributed by atoms with E-state index >= 15 is 0 Å². The van der Waals surface area contributed by atoms with Crippen LogP contribution >= 0.6 is 0 Å². The molecule has 0 unspecified atom stereocenters. The predicted octanol–water partition coefficient (Wildman–Crippen LogP) is 1.67. The summed E-state index contributed by atoms with van der Waals surface area (Å²) in [4.78, 5) is 2.19.